The maximum absolute atomic E-state index is 12.3. The van der Waals surface area contributed by atoms with Crippen molar-refractivity contribution in [2.45, 2.75) is 26.4 Å². The first-order valence-electron chi connectivity index (χ1n) is 7.03. The fraction of sp³-hybridized carbons (Fsp3) is 0.312. The minimum absolute atomic E-state index is 0.0611. The zero-order valence-electron chi connectivity index (χ0n) is 12.4. The van der Waals surface area contributed by atoms with Gasteiger partial charge in [-0.3, -0.25) is 9.69 Å². The number of nitrogens with two attached hydrogens (primary N) is 1. The minimum Gasteiger partial charge on any atom is -0.468 e. The van der Waals surface area contributed by atoms with E-state index in [0.717, 1.165) is 12.3 Å². The number of benzene rings is 1. The quantitative estimate of drug-likeness (QED) is 0.801. The van der Waals surface area contributed by atoms with E-state index in [-0.39, 0.29) is 11.9 Å². The summed E-state index contributed by atoms with van der Waals surface area (Å²) in [6, 6.07) is 10.7. The van der Waals surface area contributed by atoms with E-state index in [1.165, 1.54) is 0 Å². The zero-order valence-corrected chi connectivity index (χ0v) is 12.4. The monoisotopic (exact) mass is 287 g/mol. The van der Waals surface area contributed by atoms with E-state index < -0.39 is 0 Å². The summed E-state index contributed by atoms with van der Waals surface area (Å²) in [7, 11) is 0. The number of amides is 1. The molecule has 1 atom stereocenters. The predicted octanol–water partition coefficient (Wildman–Crippen LogP) is 2.71. The second-order valence-corrected chi connectivity index (χ2v) is 4.93. The summed E-state index contributed by atoms with van der Waals surface area (Å²) in [6.45, 7) is 5.27. The van der Waals surface area contributed by atoms with E-state index in [1.54, 1.807) is 18.4 Å². The summed E-state index contributed by atoms with van der Waals surface area (Å²) < 4.78 is 5.34. The van der Waals surface area contributed by atoms with Crippen LogP contribution in [-0.2, 0) is 11.3 Å². The van der Waals surface area contributed by atoms with Gasteiger partial charge in [-0.15, -0.1) is 0 Å². The lowest BCUT2D eigenvalue weighted by Gasteiger charge is -2.26. The fourth-order valence-electron chi connectivity index (χ4n) is 2.15. The van der Waals surface area contributed by atoms with Gasteiger partial charge in [0, 0.05) is 11.4 Å². The summed E-state index contributed by atoms with van der Waals surface area (Å²) in [5.74, 6) is 0.787. The van der Waals surface area contributed by atoms with Crippen LogP contribution in [0.1, 0.15) is 19.6 Å². The molecule has 1 aromatic carbocycles. The second-order valence-electron chi connectivity index (χ2n) is 4.93. The van der Waals surface area contributed by atoms with E-state index >= 15 is 0 Å². The van der Waals surface area contributed by atoms with Crippen molar-refractivity contribution < 1.29 is 9.21 Å². The third-order valence-corrected chi connectivity index (χ3v) is 3.43. The first-order chi connectivity index (χ1) is 10.1. The summed E-state index contributed by atoms with van der Waals surface area (Å²) in [4.78, 5) is 14.4. The molecule has 0 aliphatic heterocycles. The van der Waals surface area contributed by atoms with E-state index in [9.17, 15) is 4.79 Å². The number of furan rings is 1. The van der Waals surface area contributed by atoms with Gasteiger partial charge in [-0.05, 0) is 43.8 Å². The molecule has 21 heavy (non-hydrogen) atoms. The van der Waals surface area contributed by atoms with E-state index in [4.69, 9.17) is 10.2 Å². The van der Waals surface area contributed by atoms with Crippen molar-refractivity contribution in [2.75, 3.05) is 17.6 Å². The molecule has 2 aromatic rings. The van der Waals surface area contributed by atoms with Gasteiger partial charge >= 0.3 is 0 Å². The van der Waals surface area contributed by atoms with Crippen molar-refractivity contribution in [3.05, 3.63) is 48.4 Å². The minimum atomic E-state index is -0.262. The highest BCUT2D eigenvalue weighted by Gasteiger charge is 2.21. The Kier molecular flexibility index (Phi) is 5.00. The van der Waals surface area contributed by atoms with Gasteiger partial charge in [0.05, 0.1) is 18.8 Å². The molecule has 1 unspecified atom stereocenters. The number of nitrogen functional groups attached to an aromatic ring is 1. The molecule has 2 rings (SSSR count). The predicted molar refractivity (Wildman–Crippen MR) is 83.7 cm³/mol. The van der Waals surface area contributed by atoms with Gasteiger partial charge in [-0.1, -0.05) is 13.0 Å². The highest BCUT2D eigenvalue weighted by molar-refractivity contribution is 5.94. The Labute approximate surface area is 124 Å². The van der Waals surface area contributed by atoms with Crippen LogP contribution in [0.3, 0.4) is 0 Å². The van der Waals surface area contributed by atoms with E-state index in [1.807, 2.05) is 43.0 Å². The maximum Gasteiger partial charge on any atom is 0.241 e. The van der Waals surface area contributed by atoms with Gasteiger partial charge in [0.25, 0.3) is 0 Å². The number of carbonyl (C=O) groups is 1. The van der Waals surface area contributed by atoms with Crippen molar-refractivity contribution in [1.82, 2.24) is 4.90 Å². The Morgan fingerprint density at radius 3 is 2.81 bits per heavy atom. The van der Waals surface area contributed by atoms with Gasteiger partial charge in [0.15, 0.2) is 0 Å². The SMILES string of the molecule is CCN(Cc1ccco1)C(C)C(=O)Nc1cccc(N)c1. The highest BCUT2D eigenvalue weighted by Crippen LogP contribution is 2.14. The summed E-state index contributed by atoms with van der Waals surface area (Å²) >= 11 is 0. The topological polar surface area (TPSA) is 71.5 Å². The molecule has 3 N–H and O–H groups in total. The summed E-state index contributed by atoms with van der Waals surface area (Å²) in [6.07, 6.45) is 1.64. The lowest BCUT2D eigenvalue weighted by Crippen LogP contribution is -2.41. The number of anilines is 2. The number of likely N-dealkylation sites (N-methyl/N-ethyl adjacent to an activating group) is 1. The molecule has 5 nitrogen and oxygen atoms in total. The van der Waals surface area contributed by atoms with Crippen molar-refractivity contribution in [1.29, 1.82) is 0 Å². The summed E-state index contributed by atoms with van der Waals surface area (Å²) in [5, 5.41) is 2.89. The molecule has 0 spiro atoms. The van der Waals surface area contributed by atoms with Gasteiger partial charge in [-0.2, -0.15) is 0 Å². The van der Waals surface area contributed by atoms with Crippen molar-refractivity contribution in [2.24, 2.45) is 0 Å². The number of hydrogen-bond donors (Lipinski definition) is 2. The third kappa shape index (κ3) is 4.10. The summed E-state index contributed by atoms with van der Waals surface area (Å²) in [5.41, 5.74) is 7.05. The van der Waals surface area contributed by atoms with Crippen molar-refractivity contribution in [3.63, 3.8) is 0 Å². The molecule has 5 heteroatoms. The van der Waals surface area contributed by atoms with Crippen molar-refractivity contribution >= 4 is 17.3 Å². The van der Waals surface area contributed by atoms with Gasteiger partial charge in [-0.25, -0.2) is 0 Å². The van der Waals surface area contributed by atoms with Gasteiger partial charge in [0.1, 0.15) is 5.76 Å². The van der Waals surface area contributed by atoms with Crippen LogP contribution in [0.5, 0.6) is 0 Å². The van der Waals surface area contributed by atoms with Crippen LogP contribution < -0.4 is 11.1 Å². The van der Waals surface area contributed by atoms with Crippen molar-refractivity contribution in [3.8, 4) is 0 Å². The molecule has 112 valence electrons. The molecule has 0 saturated carbocycles. The molecule has 1 aromatic heterocycles. The Hall–Kier alpha value is -2.27. The number of nitrogens with zero attached hydrogens (tertiary/aromatic N) is 1. The van der Waals surface area contributed by atoms with Gasteiger partial charge in [0.2, 0.25) is 5.91 Å². The maximum atomic E-state index is 12.3. The molecule has 1 heterocycles. The number of hydrogen-bond acceptors (Lipinski definition) is 4. The fourth-order valence-corrected chi connectivity index (χ4v) is 2.15. The van der Waals surface area contributed by atoms with Crippen LogP contribution in [0, 0.1) is 0 Å². The number of rotatable bonds is 6. The molecule has 0 fully saturated rings. The van der Waals surface area contributed by atoms with Gasteiger partial charge < -0.3 is 15.5 Å². The molecular formula is C16H21N3O2. The Bertz CT molecular complexity index is 581. The zero-order chi connectivity index (χ0) is 15.2. The first kappa shape index (κ1) is 15.1. The number of carbonyl (C=O) groups excluding carboxylic acids is 1. The molecular weight excluding hydrogens is 266 g/mol. The van der Waals surface area contributed by atoms with Crippen LogP contribution in [0.2, 0.25) is 0 Å². The van der Waals surface area contributed by atoms with E-state index in [2.05, 4.69) is 5.32 Å². The molecule has 1 amide bonds. The highest BCUT2D eigenvalue weighted by atomic mass is 16.3. The number of nitrogens with one attached hydrogen (secondary N) is 1. The molecule has 0 radical (unpaired) electrons. The largest absolute Gasteiger partial charge is 0.468 e. The average molecular weight is 287 g/mol. The molecule has 0 aliphatic rings. The smallest absolute Gasteiger partial charge is 0.241 e. The first-order valence-corrected chi connectivity index (χ1v) is 7.03. The Morgan fingerprint density at radius 2 is 2.19 bits per heavy atom. The second kappa shape index (κ2) is 6.95. The molecule has 0 saturated heterocycles. The van der Waals surface area contributed by atoms with E-state index in [0.29, 0.717) is 17.9 Å². The Balaban J connectivity index is 1.99. The molecule has 0 bridgehead atoms. The Morgan fingerprint density at radius 1 is 1.38 bits per heavy atom. The van der Waals surface area contributed by atoms with Crippen LogP contribution in [0.25, 0.3) is 0 Å². The average Bonchev–Trinajstić information content (AvgIpc) is 2.97. The lowest BCUT2D eigenvalue weighted by atomic mass is 10.2. The molecule has 0 aliphatic carbocycles. The lowest BCUT2D eigenvalue weighted by molar-refractivity contribution is -0.121. The standard InChI is InChI=1S/C16H21N3O2/c1-3-19(11-15-8-5-9-21-15)12(2)16(20)18-14-7-4-6-13(17)10-14/h4-10,12H,3,11,17H2,1-2H3,(H,18,20). The normalized spacial score (nSPS) is 12.3. The van der Waals surface area contributed by atoms with Crippen LogP contribution >= 0.6 is 0 Å². The van der Waals surface area contributed by atoms with Crippen LogP contribution in [0.15, 0.2) is 47.1 Å². The van der Waals surface area contributed by atoms with Crippen LogP contribution in [0.4, 0.5) is 11.4 Å². The van der Waals surface area contributed by atoms with Crippen LogP contribution in [-0.4, -0.2) is 23.4 Å². The third-order valence-electron chi connectivity index (χ3n) is 3.43.